The lowest BCUT2D eigenvalue weighted by atomic mass is 9.89. The van der Waals surface area contributed by atoms with Crippen LogP contribution in [-0.4, -0.2) is 41.3 Å². The second-order valence-electron chi connectivity index (χ2n) is 7.07. The minimum Gasteiger partial charge on any atom is -0.486 e. The predicted molar refractivity (Wildman–Crippen MR) is 92.9 cm³/mol. The Bertz CT molecular complexity index is 695. The van der Waals surface area contributed by atoms with Gasteiger partial charge in [0.25, 0.3) is 0 Å². The number of halogens is 1. The first-order chi connectivity index (χ1) is 12.2. The molecule has 1 aromatic heterocycles. The zero-order valence-corrected chi connectivity index (χ0v) is 14.2. The third-order valence-corrected chi connectivity index (χ3v) is 5.05. The van der Waals surface area contributed by atoms with Crippen LogP contribution in [0.5, 0.6) is 5.75 Å². The van der Waals surface area contributed by atoms with Gasteiger partial charge in [-0.05, 0) is 49.2 Å². The van der Waals surface area contributed by atoms with Crippen molar-refractivity contribution in [1.82, 2.24) is 9.88 Å². The highest BCUT2D eigenvalue weighted by Crippen LogP contribution is 2.36. The number of hydrogen-bond acceptors (Lipinski definition) is 4. The molecule has 2 atom stereocenters. The Morgan fingerprint density at radius 2 is 2.16 bits per heavy atom. The summed E-state index contributed by atoms with van der Waals surface area (Å²) in [5, 5.41) is 0. The van der Waals surface area contributed by atoms with Crippen LogP contribution in [0.4, 0.5) is 4.39 Å². The Kier molecular flexibility index (Phi) is 4.68. The molecule has 4 rings (SSSR count). The van der Waals surface area contributed by atoms with E-state index in [9.17, 15) is 4.39 Å². The van der Waals surface area contributed by atoms with Crippen LogP contribution in [-0.2, 0) is 11.3 Å². The molecule has 1 spiro atoms. The summed E-state index contributed by atoms with van der Waals surface area (Å²) in [6, 6.07) is 10.6. The average Bonchev–Trinajstić information content (AvgIpc) is 3.00. The number of pyridine rings is 1. The quantitative estimate of drug-likeness (QED) is 0.853. The molecule has 4 nitrogen and oxygen atoms in total. The maximum absolute atomic E-state index is 13.1. The normalized spacial score (nSPS) is 26.8. The molecule has 2 fully saturated rings. The van der Waals surface area contributed by atoms with E-state index in [-0.39, 0.29) is 17.5 Å². The number of piperidine rings is 1. The van der Waals surface area contributed by atoms with E-state index in [0.29, 0.717) is 6.61 Å². The van der Waals surface area contributed by atoms with Gasteiger partial charge in [0, 0.05) is 25.7 Å². The SMILES string of the molecule is Fc1ccc(CN2CCC[C@@]3(C[C@H](Oc4cccnc4)CO3)C2)cc1. The summed E-state index contributed by atoms with van der Waals surface area (Å²) in [5.41, 5.74) is 1.02. The number of ether oxygens (including phenoxy) is 2. The lowest BCUT2D eigenvalue weighted by Gasteiger charge is -2.39. The van der Waals surface area contributed by atoms with Gasteiger partial charge in [-0.2, -0.15) is 0 Å². The van der Waals surface area contributed by atoms with Crippen LogP contribution >= 0.6 is 0 Å². The van der Waals surface area contributed by atoms with Crippen LogP contribution < -0.4 is 4.74 Å². The fraction of sp³-hybridized carbons (Fsp3) is 0.450. The molecule has 132 valence electrons. The minimum atomic E-state index is -0.187. The Hall–Kier alpha value is -1.98. The van der Waals surface area contributed by atoms with E-state index in [1.54, 1.807) is 12.4 Å². The standard InChI is InChI=1S/C20H23FN2O2/c21-17-6-4-16(5-7-17)13-23-10-2-8-20(15-23)11-19(14-24-20)25-18-3-1-9-22-12-18/h1,3-7,9,12,19H,2,8,10-11,13-15H2/t19-,20+/m0/s1. The predicted octanol–water partition coefficient (Wildman–Crippen LogP) is 3.42. The Morgan fingerprint density at radius 1 is 1.28 bits per heavy atom. The van der Waals surface area contributed by atoms with Crippen LogP contribution in [0, 0.1) is 5.82 Å². The molecular weight excluding hydrogens is 319 g/mol. The van der Waals surface area contributed by atoms with Gasteiger partial charge in [-0.3, -0.25) is 9.88 Å². The van der Waals surface area contributed by atoms with Crippen molar-refractivity contribution < 1.29 is 13.9 Å². The Balaban J connectivity index is 1.36. The summed E-state index contributed by atoms with van der Waals surface area (Å²) in [4.78, 5) is 6.50. The molecule has 0 unspecified atom stereocenters. The number of nitrogens with zero attached hydrogens (tertiary/aromatic N) is 2. The van der Waals surface area contributed by atoms with E-state index < -0.39 is 0 Å². The first-order valence-electron chi connectivity index (χ1n) is 8.88. The zero-order chi connectivity index (χ0) is 17.1. The van der Waals surface area contributed by atoms with Crippen molar-refractivity contribution >= 4 is 0 Å². The van der Waals surface area contributed by atoms with Gasteiger partial charge < -0.3 is 9.47 Å². The lowest BCUT2D eigenvalue weighted by molar-refractivity contribution is -0.0538. The van der Waals surface area contributed by atoms with Gasteiger partial charge in [-0.1, -0.05) is 12.1 Å². The summed E-state index contributed by atoms with van der Waals surface area (Å²) in [6.45, 7) is 3.41. The van der Waals surface area contributed by atoms with E-state index in [4.69, 9.17) is 9.47 Å². The molecule has 2 aliphatic heterocycles. The largest absolute Gasteiger partial charge is 0.486 e. The van der Waals surface area contributed by atoms with Gasteiger partial charge >= 0.3 is 0 Å². The fourth-order valence-corrected chi connectivity index (χ4v) is 3.95. The molecule has 0 bridgehead atoms. The van der Waals surface area contributed by atoms with Gasteiger partial charge in [0.05, 0.1) is 18.4 Å². The molecule has 25 heavy (non-hydrogen) atoms. The van der Waals surface area contributed by atoms with Crippen LogP contribution in [0.3, 0.4) is 0 Å². The number of benzene rings is 1. The summed E-state index contributed by atoms with van der Waals surface area (Å²) < 4.78 is 25.3. The molecule has 5 heteroatoms. The first-order valence-corrected chi connectivity index (χ1v) is 8.88. The van der Waals surface area contributed by atoms with Crippen LogP contribution in [0.1, 0.15) is 24.8 Å². The van der Waals surface area contributed by atoms with Gasteiger partial charge in [-0.25, -0.2) is 4.39 Å². The molecule has 2 aromatic rings. The van der Waals surface area contributed by atoms with Crippen molar-refractivity contribution in [3.8, 4) is 5.75 Å². The maximum Gasteiger partial charge on any atom is 0.138 e. The van der Waals surface area contributed by atoms with E-state index >= 15 is 0 Å². The molecular formula is C20H23FN2O2. The Morgan fingerprint density at radius 3 is 2.96 bits per heavy atom. The molecule has 3 heterocycles. The highest BCUT2D eigenvalue weighted by molar-refractivity contribution is 5.17. The molecule has 2 saturated heterocycles. The van der Waals surface area contributed by atoms with Crippen molar-refractivity contribution in [2.75, 3.05) is 19.7 Å². The molecule has 0 N–H and O–H groups in total. The highest BCUT2D eigenvalue weighted by atomic mass is 19.1. The van der Waals surface area contributed by atoms with Crippen molar-refractivity contribution in [3.05, 3.63) is 60.2 Å². The van der Waals surface area contributed by atoms with Crippen LogP contribution in [0.2, 0.25) is 0 Å². The van der Waals surface area contributed by atoms with Crippen LogP contribution in [0.15, 0.2) is 48.8 Å². The number of aromatic nitrogens is 1. The minimum absolute atomic E-state index is 0.0787. The summed E-state index contributed by atoms with van der Waals surface area (Å²) in [6.07, 6.45) is 6.65. The van der Waals surface area contributed by atoms with Crippen molar-refractivity contribution in [2.45, 2.75) is 37.5 Å². The third-order valence-electron chi connectivity index (χ3n) is 5.05. The van der Waals surface area contributed by atoms with E-state index in [2.05, 4.69) is 9.88 Å². The molecule has 1 aromatic carbocycles. The monoisotopic (exact) mass is 342 g/mol. The van der Waals surface area contributed by atoms with Crippen molar-refractivity contribution in [3.63, 3.8) is 0 Å². The second kappa shape index (κ2) is 7.10. The molecule has 0 aliphatic carbocycles. The van der Waals surface area contributed by atoms with Crippen molar-refractivity contribution in [2.24, 2.45) is 0 Å². The molecule has 2 aliphatic rings. The molecule has 0 amide bonds. The fourth-order valence-electron chi connectivity index (χ4n) is 3.95. The summed E-state index contributed by atoms with van der Waals surface area (Å²) >= 11 is 0. The van der Waals surface area contributed by atoms with Crippen molar-refractivity contribution in [1.29, 1.82) is 0 Å². The third kappa shape index (κ3) is 3.99. The molecule has 0 saturated carbocycles. The van der Waals surface area contributed by atoms with E-state index in [1.807, 2.05) is 24.3 Å². The summed E-state index contributed by atoms with van der Waals surface area (Å²) in [7, 11) is 0. The van der Waals surface area contributed by atoms with Gasteiger partial charge in [0.15, 0.2) is 0 Å². The van der Waals surface area contributed by atoms with Gasteiger partial charge in [0.2, 0.25) is 0 Å². The Labute approximate surface area is 147 Å². The maximum atomic E-state index is 13.1. The first kappa shape index (κ1) is 16.5. The zero-order valence-electron chi connectivity index (χ0n) is 14.2. The van der Waals surface area contributed by atoms with Gasteiger partial charge in [0.1, 0.15) is 17.7 Å². The number of rotatable bonds is 4. The topological polar surface area (TPSA) is 34.6 Å². The molecule has 0 radical (unpaired) electrons. The van der Waals surface area contributed by atoms with Gasteiger partial charge in [-0.15, -0.1) is 0 Å². The highest BCUT2D eigenvalue weighted by Gasteiger charge is 2.44. The smallest absolute Gasteiger partial charge is 0.138 e. The van der Waals surface area contributed by atoms with Crippen LogP contribution in [0.25, 0.3) is 0 Å². The number of hydrogen-bond donors (Lipinski definition) is 0. The second-order valence-corrected chi connectivity index (χ2v) is 7.07. The van der Waals surface area contributed by atoms with E-state index in [0.717, 1.165) is 50.2 Å². The lowest BCUT2D eigenvalue weighted by Crippen LogP contribution is -2.47. The summed E-state index contributed by atoms with van der Waals surface area (Å²) in [5.74, 6) is 0.612. The average molecular weight is 342 g/mol. The van der Waals surface area contributed by atoms with E-state index in [1.165, 1.54) is 12.1 Å². The number of likely N-dealkylation sites (tertiary alicyclic amines) is 1.